The zero-order valence-corrected chi connectivity index (χ0v) is 24.9. The molecule has 0 saturated carbocycles. The maximum absolute atomic E-state index is 12.8. The number of aryl methyl sites for hydroxylation is 1. The van der Waals surface area contributed by atoms with E-state index in [4.69, 9.17) is 9.47 Å². The van der Waals surface area contributed by atoms with Crippen molar-refractivity contribution in [1.29, 1.82) is 0 Å². The van der Waals surface area contributed by atoms with Gasteiger partial charge >= 0.3 is 11.9 Å². The van der Waals surface area contributed by atoms with Crippen LogP contribution in [0.4, 0.5) is 0 Å². The van der Waals surface area contributed by atoms with Gasteiger partial charge in [-0.05, 0) is 110 Å². The first-order chi connectivity index (χ1) is 20.4. The summed E-state index contributed by atoms with van der Waals surface area (Å²) >= 11 is 3.29. The van der Waals surface area contributed by atoms with Crippen LogP contribution >= 0.6 is 23.5 Å². The SMILES string of the molecule is C=CC(=O)OCCSc1ccc(C#Cc2ccc(C(=O)Oc3ccc(C#Cc4ccc(SC)cc4)cc3C)cc2)cc1. The third-order valence-electron chi connectivity index (χ3n) is 5.91. The fraction of sp³-hybridized carbons (Fsp3) is 0.111. The fourth-order valence-electron chi connectivity index (χ4n) is 3.65. The van der Waals surface area contributed by atoms with Crippen molar-refractivity contribution in [2.45, 2.75) is 16.7 Å². The summed E-state index contributed by atoms with van der Waals surface area (Å²) in [6, 6.07) is 28.5. The predicted octanol–water partition coefficient (Wildman–Crippen LogP) is 7.56. The van der Waals surface area contributed by atoms with E-state index in [-0.39, 0.29) is 0 Å². The molecule has 6 heteroatoms. The Morgan fingerprint density at radius 2 is 1.29 bits per heavy atom. The molecule has 4 rings (SSSR count). The molecule has 0 saturated heterocycles. The van der Waals surface area contributed by atoms with Gasteiger partial charge < -0.3 is 9.47 Å². The smallest absolute Gasteiger partial charge is 0.343 e. The first-order valence-electron chi connectivity index (χ1n) is 13.1. The second-order valence-corrected chi connectivity index (χ2v) is 11.0. The van der Waals surface area contributed by atoms with Crippen LogP contribution in [0.2, 0.25) is 0 Å². The Labute approximate surface area is 255 Å². The van der Waals surface area contributed by atoms with Gasteiger partial charge in [0.25, 0.3) is 0 Å². The van der Waals surface area contributed by atoms with E-state index in [0.29, 0.717) is 23.7 Å². The van der Waals surface area contributed by atoms with E-state index in [2.05, 4.69) is 42.4 Å². The molecule has 0 atom stereocenters. The fourth-order valence-corrected chi connectivity index (χ4v) is 4.79. The largest absolute Gasteiger partial charge is 0.462 e. The van der Waals surface area contributed by atoms with Crippen LogP contribution in [0.25, 0.3) is 0 Å². The molecule has 0 aliphatic heterocycles. The summed E-state index contributed by atoms with van der Waals surface area (Å²) in [4.78, 5) is 26.1. The van der Waals surface area contributed by atoms with Crippen LogP contribution in [0.3, 0.4) is 0 Å². The van der Waals surface area contributed by atoms with Gasteiger partial charge in [-0.15, -0.1) is 23.5 Å². The lowest BCUT2D eigenvalue weighted by Gasteiger charge is -2.08. The number of ether oxygens (including phenoxy) is 2. The molecule has 0 heterocycles. The highest BCUT2D eigenvalue weighted by atomic mass is 32.2. The first kappa shape index (κ1) is 30.3. The Bertz CT molecular complexity index is 1680. The van der Waals surface area contributed by atoms with Crippen molar-refractivity contribution in [3.8, 4) is 29.4 Å². The number of hydrogen-bond acceptors (Lipinski definition) is 6. The monoisotopic (exact) mass is 588 g/mol. The van der Waals surface area contributed by atoms with Gasteiger partial charge in [0.05, 0.1) is 5.56 Å². The molecule has 4 aromatic carbocycles. The van der Waals surface area contributed by atoms with Crippen LogP contribution in [0.15, 0.2) is 113 Å². The highest BCUT2D eigenvalue weighted by Gasteiger charge is 2.10. The molecule has 0 radical (unpaired) electrons. The Balaban J connectivity index is 1.31. The van der Waals surface area contributed by atoms with Crippen molar-refractivity contribution < 1.29 is 19.1 Å². The normalized spacial score (nSPS) is 9.95. The highest BCUT2D eigenvalue weighted by Crippen LogP contribution is 2.21. The van der Waals surface area contributed by atoms with E-state index in [1.807, 2.05) is 61.7 Å². The second kappa shape index (κ2) is 15.4. The van der Waals surface area contributed by atoms with Crippen LogP contribution < -0.4 is 4.74 Å². The van der Waals surface area contributed by atoms with E-state index in [1.165, 1.54) is 4.90 Å². The molecule has 0 bridgehead atoms. The first-order valence-corrected chi connectivity index (χ1v) is 15.3. The van der Waals surface area contributed by atoms with Crippen LogP contribution in [0, 0.1) is 30.6 Å². The molecular weight excluding hydrogens is 561 g/mol. The van der Waals surface area contributed by atoms with Crippen molar-refractivity contribution >= 4 is 35.5 Å². The average molecular weight is 589 g/mol. The lowest BCUT2D eigenvalue weighted by molar-refractivity contribution is -0.137. The van der Waals surface area contributed by atoms with E-state index >= 15 is 0 Å². The summed E-state index contributed by atoms with van der Waals surface area (Å²) in [7, 11) is 0. The van der Waals surface area contributed by atoms with Gasteiger partial charge in [-0.25, -0.2) is 9.59 Å². The Kier molecular flexibility index (Phi) is 11.1. The number of hydrogen-bond donors (Lipinski definition) is 0. The Hall–Kier alpha value is -4.62. The van der Waals surface area contributed by atoms with Crippen molar-refractivity contribution in [3.63, 3.8) is 0 Å². The zero-order valence-electron chi connectivity index (χ0n) is 23.3. The quantitative estimate of drug-likeness (QED) is 0.0529. The van der Waals surface area contributed by atoms with Gasteiger partial charge in [-0.1, -0.05) is 30.3 Å². The van der Waals surface area contributed by atoms with Gasteiger partial charge in [0, 0.05) is 43.9 Å². The highest BCUT2D eigenvalue weighted by molar-refractivity contribution is 7.99. The van der Waals surface area contributed by atoms with Crippen molar-refractivity contribution in [2.24, 2.45) is 0 Å². The number of rotatable bonds is 8. The second-order valence-electron chi connectivity index (χ2n) is 8.92. The van der Waals surface area contributed by atoms with Crippen LogP contribution in [0.5, 0.6) is 5.75 Å². The third-order valence-corrected chi connectivity index (χ3v) is 7.63. The molecule has 0 aliphatic carbocycles. The minimum absolute atomic E-state index is 0.330. The Morgan fingerprint density at radius 3 is 1.83 bits per heavy atom. The topological polar surface area (TPSA) is 52.6 Å². The molecule has 0 N–H and O–H groups in total. The molecule has 0 spiro atoms. The summed E-state index contributed by atoms with van der Waals surface area (Å²) in [5, 5.41) is 0. The number of esters is 2. The maximum atomic E-state index is 12.8. The molecule has 0 aliphatic rings. The van der Waals surface area contributed by atoms with Crippen LogP contribution in [-0.2, 0) is 9.53 Å². The van der Waals surface area contributed by atoms with Gasteiger partial charge in [-0.3, -0.25) is 0 Å². The van der Waals surface area contributed by atoms with Gasteiger partial charge in [0.15, 0.2) is 0 Å². The molecule has 208 valence electrons. The molecule has 42 heavy (non-hydrogen) atoms. The lowest BCUT2D eigenvalue weighted by Crippen LogP contribution is -2.09. The van der Waals surface area contributed by atoms with Crippen LogP contribution in [-0.4, -0.2) is 30.6 Å². The number of thioether (sulfide) groups is 2. The molecule has 4 nitrogen and oxygen atoms in total. The standard InChI is InChI=1S/C36H28O4S2/c1-4-35(37)39-23-24-42-33-20-13-28(14-21-33)6-5-27-9-16-31(17-10-27)36(38)40-34-22-15-30(25-26(34)2)8-7-29-11-18-32(41-3)19-12-29/h4,9-22,25H,1,23-24H2,2-3H3. The number of carbonyl (C=O) groups is 2. The molecular formula is C36H28O4S2. The number of carbonyl (C=O) groups excluding carboxylic acids is 2. The molecule has 0 amide bonds. The van der Waals surface area contributed by atoms with E-state index in [0.717, 1.165) is 38.8 Å². The van der Waals surface area contributed by atoms with E-state index in [1.54, 1.807) is 53.9 Å². The summed E-state index contributed by atoms with van der Waals surface area (Å²) in [6.45, 7) is 5.60. The summed E-state index contributed by atoms with van der Waals surface area (Å²) in [5.41, 5.74) is 4.73. The third kappa shape index (κ3) is 9.21. The molecule has 0 aromatic heterocycles. The average Bonchev–Trinajstić information content (AvgIpc) is 3.03. The maximum Gasteiger partial charge on any atom is 0.343 e. The van der Waals surface area contributed by atoms with Gasteiger partial charge in [0.1, 0.15) is 12.4 Å². The van der Waals surface area contributed by atoms with Gasteiger partial charge in [-0.2, -0.15) is 0 Å². The lowest BCUT2D eigenvalue weighted by atomic mass is 10.1. The van der Waals surface area contributed by atoms with E-state index < -0.39 is 11.9 Å². The summed E-state index contributed by atoms with van der Waals surface area (Å²) in [6.07, 6.45) is 3.20. The predicted molar refractivity (Wildman–Crippen MR) is 171 cm³/mol. The molecule has 0 fully saturated rings. The van der Waals surface area contributed by atoms with E-state index in [9.17, 15) is 9.59 Å². The number of benzene rings is 4. The summed E-state index contributed by atoms with van der Waals surface area (Å²) in [5.74, 6) is 12.9. The van der Waals surface area contributed by atoms with Crippen molar-refractivity contribution in [2.75, 3.05) is 18.6 Å². The minimum Gasteiger partial charge on any atom is -0.462 e. The minimum atomic E-state index is -0.433. The van der Waals surface area contributed by atoms with Crippen LogP contribution in [0.1, 0.15) is 38.2 Å². The van der Waals surface area contributed by atoms with Gasteiger partial charge in [0.2, 0.25) is 0 Å². The molecule has 0 unspecified atom stereocenters. The van der Waals surface area contributed by atoms with Crippen molar-refractivity contribution in [3.05, 3.63) is 137 Å². The Morgan fingerprint density at radius 1 is 0.762 bits per heavy atom. The van der Waals surface area contributed by atoms with Crippen molar-refractivity contribution in [1.82, 2.24) is 0 Å². The zero-order chi connectivity index (χ0) is 29.7. The summed E-state index contributed by atoms with van der Waals surface area (Å²) < 4.78 is 10.6. The molecule has 4 aromatic rings.